The molecule has 0 bridgehead atoms. The van der Waals surface area contributed by atoms with Crippen molar-refractivity contribution in [3.63, 3.8) is 0 Å². The first-order chi connectivity index (χ1) is 13.2. The van der Waals surface area contributed by atoms with Crippen LogP contribution in [0.5, 0.6) is 23.0 Å². The quantitative estimate of drug-likeness (QED) is 0.272. The summed E-state index contributed by atoms with van der Waals surface area (Å²) in [5, 5.41) is 12.6. The fourth-order valence-corrected chi connectivity index (χ4v) is 3.27. The molecule has 5 nitrogen and oxygen atoms in total. The van der Waals surface area contributed by atoms with Crippen LogP contribution in [0.4, 0.5) is 5.69 Å². The zero-order chi connectivity index (χ0) is 20.4. The average Bonchev–Trinajstić information content (AvgIpc) is 2.61. The Morgan fingerprint density at radius 3 is 1.57 bits per heavy atom. The molecular formula is C18H8Cl5NO4. The van der Waals surface area contributed by atoms with Crippen molar-refractivity contribution in [2.24, 2.45) is 0 Å². The molecule has 0 saturated heterocycles. The van der Waals surface area contributed by atoms with Gasteiger partial charge in [0.2, 0.25) is 5.75 Å². The van der Waals surface area contributed by atoms with Gasteiger partial charge in [-0.3, -0.25) is 10.1 Å². The maximum atomic E-state index is 11.4. The lowest BCUT2D eigenvalue weighted by Crippen LogP contribution is -1.96. The van der Waals surface area contributed by atoms with Crippen molar-refractivity contribution >= 4 is 63.7 Å². The molecular weight excluding hydrogens is 471 g/mol. The third kappa shape index (κ3) is 4.74. The minimum absolute atomic E-state index is 0.00716. The maximum absolute atomic E-state index is 11.4. The predicted molar refractivity (Wildman–Crippen MR) is 111 cm³/mol. The summed E-state index contributed by atoms with van der Waals surface area (Å²) >= 11 is 30.0. The lowest BCUT2D eigenvalue weighted by atomic mass is 10.2. The van der Waals surface area contributed by atoms with Crippen LogP contribution in [0, 0.1) is 10.1 Å². The monoisotopic (exact) mass is 477 g/mol. The molecule has 0 fully saturated rings. The number of hydrogen-bond acceptors (Lipinski definition) is 4. The Kier molecular flexibility index (Phi) is 6.43. The molecule has 10 heteroatoms. The van der Waals surface area contributed by atoms with E-state index in [0.29, 0.717) is 10.0 Å². The fourth-order valence-electron chi connectivity index (χ4n) is 2.18. The Labute approximate surface area is 184 Å². The molecule has 0 amide bonds. The Balaban J connectivity index is 2.02. The van der Waals surface area contributed by atoms with E-state index in [1.807, 2.05) is 0 Å². The molecule has 0 aliphatic heterocycles. The standard InChI is InChI=1S/C18H8Cl5NO4/c19-9-1-3-15(11(21)5-9)27-17-8-18(14(24(25)26)7-13(17)23)28-16-4-2-10(20)6-12(16)22/h1-8H. The van der Waals surface area contributed by atoms with E-state index in [9.17, 15) is 10.1 Å². The summed E-state index contributed by atoms with van der Waals surface area (Å²) in [5.74, 6) is 0.402. The topological polar surface area (TPSA) is 61.6 Å². The first-order valence-electron chi connectivity index (χ1n) is 7.48. The van der Waals surface area contributed by atoms with Crippen LogP contribution in [0.25, 0.3) is 0 Å². The SMILES string of the molecule is O=[N+]([O-])c1cc(Cl)c(Oc2ccc(Cl)cc2Cl)cc1Oc1ccc(Cl)cc1Cl. The van der Waals surface area contributed by atoms with Gasteiger partial charge >= 0.3 is 5.69 Å². The summed E-state index contributed by atoms with van der Waals surface area (Å²) in [4.78, 5) is 10.8. The molecule has 0 heterocycles. The molecule has 0 radical (unpaired) electrons. The van der Waals surface area contributed by atoms with Crippen LogP contribution in [-0.4, -0.2) is 4.92 Å². The molecule has 3 aromatic rings. The van der Waals surface area contributed by atoms with Gasteiger partial charge in [-0.25, -0.2) is 0 Å². The lowest BCUT2D eigenvalue weighted by molar-refractivity contribution is -0.385. The highest BCUT2D eigenvalue weighted by Crippen LogP contribution is 2.43. The number of nitrogens with zero attached hydrogens (tertiary/aromatic N) is 1. The molecule has 0 aromatic heterocycles. The number of ether oxygens (including phenoxy) is 2. The molecule has 0 N–H and O–H groups in total. The molecule has 0 spiro atoms. The Hall–Kier alpha value is -1.89. The van der Waals surface area contributed by atoms with Crippen molar-refractivity contribution in [2.45, 2.75) is 0 Å². The third-order valence-corrected chi connectivity index (χ3v) is 4.79. The summed E-state index contributed by atoms with van der Waals surface area (Å²) < 4.78 is 11.3. The van der Waals surface area contributed by atoms with E-state index in [2.05, 4.69) is 0 Å². The molecule has 0 aliphatic carbocycles. The van der Waals surface area contributed by atoms with Gasteiger partial charge in [-0.2, -0.15) is 0 Å². The van der Waals surface area contributed by atoms with Gasteiger partial charge in [0.05, 0.1) is 20.0 Å². The van der Waals surface area contributed by atoms with E-state index in [-0.39, 0.29) is 43.8 Å². The Morgan fingerprint density at radius 2 is 1.11 bits per heavy atom. The lowest BCUT2D eigenvalue weighted by Gasteiger charge is -2.13. The highest BCUT2D eigenvalue weighted by Gasteiger charge is 2.22. The van der Waals surface area contributed by atoms with Gasteiger partial charge < -0.3 is 9.47 Å². The number of nitro groups is 1. The normalized spacial score (nSPS) is 10.6. The smallest absolute Gasteiger partial charge is 0.313 e. The summed E-state index contributed by atoms with van der Waals surface area (Å²) in [6.45, 7) is 0. The van der Waals surface area contributed by atoms with E-state index >= 15 is 0 Å². The molecule has 144 valence electrons. The highest BCUT2D eigenvalue weighted by atomic mass is 35.5. The van der Waals surface area contributed by atoms with Crippen LogP contribution in [0.15, 0.2) is 48.5 Å². The van der Waals surface area contributed by atoms with E-state index in [1.165, 1.54) is 30.3 Å². The van der Waals surface area contributed by atoms with Gasteiger partial charge in [0, 0.05) is 22.2 Å². The number of hydrogen-bond donors (Lipinski definition) is 0. The molecule has 28 heavy (non-hydrogen) atoms. The first-order valence-corrected chi connectivity index (χ1v) is 9.37. The van der Waals surface area contributed by atoms with Gasteiger partial charge in [0.1, 0.15) is 17.2 Å². The van der Waals surface area contributed by atoms with Gasteiger partial charge in [-0.1, -0.05) is 58.0 Å². The minimum atomic E-state index is -0.635. The van der Waals surface area contributed by atoms with Crippen molar-refractivity contribution < 1.29 is 14.4 Å². The molecule has 0 atom stereocenters. The fraction of sp³-hybridized carbons (Fsp3) is 0. The van der Waals surface area contributed by atoms with Crippen molar-refractivity contribution in [1.82, 2.24) is 0 Å². The maximum Gasteiger partial charge on any atom is 0.313 e. The van der Waals surface area contributed by atoms with Gasteiger partial charge in [-0.05, 0) is 36.4 Å². The van der Waals surface area contributed by atoms with E-state index < -0.39 is 4.92 Å². The van der Waals surface area contributed by atoms with Crippen molar-refractivity contribution in [1.29, 1.82) is 0 Å². The van der Waals surface area contributed by atoms with Crippen molar-refractivity contribution in [3.05, 3.63) is 83.8 Å². The highest BCUT2D eigenvalue weighted by molar-refractivity contribution is 6.36. The summed E-state index contributed by atoms with van der Waals surface area (Å²) in [6.07, 6.45) is 0. The van der Waals surface area contributed by atoms with Crippen LogP contribution >= 0.6 is 58.0 Å². The zero-order valence-corrected chi connectivity index (χ0v) is 17.4. The van der Waals surface area contributed by atoms with Gasteiger partial charge in [-0.15, -0.1) is 0 Å². The van der Waals surface area contributed by atoms with Crippen LogP contribution < -0.4 is 9.47 Å². The van der Waals surface area contributed by atoms with Crippen molar-refractivity contribution in [3.8, 4) is 23.0 Å². The van der Waals surface area contributed by atoms with E-state index in [0.717, 1.165) is 6.07 Å². The Bertz CT molecular complexity index is 1070. The average molecular weight is 480 g/mol. The molecule has 0 saturated carbocycles. The van der Waals surface area contributed by atoms with Crippen LogP contribution in [-0.2, 0) is 0 Å². The summed E-state index contributed by atoms with van der Waals surface area (Å²) in [6, 6.07) is 11.5. The molecule has 0 unspecified atom stereocenters. The van der Waals surface area contributed by atoms with E-state index in [4.69, 9.17) is 67.5 Å². The minimum Gasteiger partial charge on any atom is -0.454 e. The number of benzene rings is 3. The number of halogens is 5. The Morgan fingerprint density at radius 1 is 0.643 bits per heavy atom. The summed E-state index contributed by atoms with van der Waals surface area (Å²) in [7, 11) is 0. The van der Waals surface area contributed by atoms with E-state index in [1.54, 1.807) is 12.1 Å². The third-order valence-electron chi connectivity index (χ3n) is 3.44. The second-order valence-electron chi connectivity index (χ2n) is 5.36. The van der Waals surface area contributed by atoms with Crippen LogP contribution in [0.1, 0.15) is 0 Å². The largest absolute Gasteiger partial charge is 0.454 e. The zero-order valence-electron chi connectivity index (χ0n) is 13.6. The van der Waals surface area contributed by atoms with Crippen LogP contribution in [0.2, 0.25) is 25.1 Å². The number of rotatable bonds is 5. The molecule has 0 aliphatic rings. The van der Waals surface area contributed by atoms with Crippen molar-refractivity contribution in [2.75, 3.05) is 0 Å². The summed E-state index contributed by atoms with van der Waals surface area (Å²) in [5.41, 5.74) is -0.370. The second kappa shape index (κ2) is 8.64. The molecule has 3 rings (SSSR count). The number of nitro benzene ring substituents is 1. The molecule has 3 aromatic carbocycles. The first kappa shape index (κ1) is 20.8. The second-order valence-corrected chi connectivity index (χ2v) is 7.46. The predicted octanol–water partition coefficient (Wildman–Crippen LogP) is 8.45. The van der Waals surface area contributed by atoms with Crippen LogP contribution in [0.3, 0.4) is 0 Å². The van der Waals surface area contributed by atoms with Gasteiger partial charge in [0.25, 0.3) is 0 Å². The van der Waals surface area contributed by atoms with Gasteiger partial charge in [0.15, 0.2) is 0 Å².